The van der Waals surface area contributed by atoms with Crippen molar-refractivity contribution in [2.24, 2.45) is 0 Å². The molecule has 0 unspecified atom stereocenters. The van der Waals surface area contributed by atoms with Crippen molar-refractivity contribution >= 4 is 29.3 Å². The Morgan fingerprint density at radius 1 is 0.946 bits per heavy atom. The minimum absolute atomic E-state index is 0.0396. The van der Waals surface area contributed by atoms with Crippen LogP contribution in [0.15, 0.2) is 107 Å². The molecule has 0 radical (unpaired) electrons. The summed E-state index contributed by atoms with van der Waals surface area (Å²) in [7, 11) is 0. The van der Waals surface area contributed by atoms with E-state index in [0.29, 0.717) is 28.4 Å². The largest absolute Gasteiger partial charge is 0.478 e. The van der Waals surface area contributed by atoms with Gasteiger partial charge in [-0.1, -0.05) is 54.6 Å². The highest BCUT2D eigenvalue weighted by molar-refractivity contribution is 6.10. The Morgan fingerprint density at radius 2 is 1.68 bits per heavy atom. The zero-order chi connectivity index (χ0) is 25.9. The van der Waals surface area contributed by atoms with E-state index in [-0.39, 0.29) is 23.7 Å². The Labute approximate surface area is 211 Å². The number of carboxylic acids is 1. The smallest absolute Gasteiger partial charge is 0.335 e. The van der Waals surface area contributed by atoms with E-state index in [9.17, 15) is 19.7 Å². The van der Waals surface area contributed by atoms with Crippen molar-refractivity contribution in [2.75, 3.05) is 0 Å². The van der Waals surface area contributed by atoms with Gasteiger partial charge in [0, 0.05) is 23.3 Å². The number of furan rings is 1. The number of rotatable bonds is 7. The number of amides is 1. The highest BCUT2D eigenvalue weighted by Gasteiger charge is 2.29. The predicted molar refractivity (Wildman–Crippen MR) is 137 cm³/mol. The Hall–Kier alpha value is -5.24. The SMILES string of the molecule is O=C(O)c1ccc(CN2C(=O)C(=Cc3ccc(-c4cccc([N+](=O)[O-])c4)o3)C=C2c2ccccc2)cc1. The van der Waals surface area contributed by atoms with Crippen molar-refractivity contribution in [2.45, 2.75) is 6.54 Å². The fourth-order valence-electron chi connectivity index (χ4n) is 4.11. The number of nitrogens with zero attached hydrogens (tertiary/aromatic N) is 2. The topological polar surface area (TPSA) is 114 Å². The average Bonchev–Trinajstić information content (AvgIpc) is 3.50. The van der Waals surface area contributed by atoms with Gasteiger partial charge in [-0.2, -0.15) is 0 Å². The molecule has 8 nitrogen and oxygen atoms in total. The molecule has 182 valence electrons. The summed E-state index contributed by atoms with van der Waals surface area (Å²) in [6.07, 6.45) is 3.43. The molecular formula is C29H20N2O6. The van der Waals surface area contributed by atoms with Crippen LogP contribution >= 0.6 is 0 Å². The summed E-state index contributed by atoms with van der Waals surface area (Å²) in [6, 6.07) is 25.5. The number of hydrogen-bond acceptors (Lipinski definition) is 5. The molecule has 0 spiro atoms. The third-order valence-electron chi connectivity index (χ3n) is 5.95. The monoisotopic (exact) mass is 492 g/mol. The molecule has 2 heterocycles. The van der Waals surface area contributed by atoms with E-state index >= 15 is 0 Å². The number of aromatic carboxylic acids is 1. The first-order valence-electron chi connectivity index (χ1n) is 11.4. The van der Waals surface area contributed by atoms with Gasteiger partial charge in [-0.05, 0) is 47.5 Å². The summed E-state index contributed by atoms with van der Waals surface area (Å²) in [5.74, 6) is -0.360. The highest BCUT2D eigenvalue weighted by atomic mass is 16.6. The molecule has 0 aliphatic carbocycles. The van der Waals surface area contributed by atoms with Gasteiger partial charge in [-0.25, -0.2) is 4.79 Å². The van der Waals surface area contributed by atoms with Gasteiger partial charge in [-0.3, -0.25) is 14.9 Å². The molecule has 0 atom stereocenters. The van der Waals surface area contributed by atoms with E-state index in [2.05, 4.69) is 0 Å². The zero-order valence-corrected chi connectivity index (χ0v) is 19.4. The van der Waals surface area contributed by atoms with Crippen LogP contribution in [-0.2, 0) is 11.3 Å². The number of carboxylic acid groups (broad SMARTS) is 1. The van der Waals surface area contributed by atoms with Gasteiger partial charge in [0.05, 0.1) is 22.7 Å². The van der Waals surface area contributed by atoms with Gasteiger partial charge in [0.25, 0.3) is 11.6 Å². The fourth-order valence-corrected chi connectivity index (χ4v) is 4.11. The Kier molecular flexibility index (Phi) is 6.22. The van der Waals surface area contributed by atoms with Crippen molar-refractivity contribution in [3.8, 4) is 11.3 Å². The van der Waals surface area contributed by atoms with Crippen LogP contribution in [0.2, 0.25) is 0 Å². The molecule has 3 aromatic carbocycles. The summed E-state index contributed by atoms with van der Waals surface area (Å²) in [5.41, 5.74) is 3.47. The van der Waals surface area contributed by atoms with Gasteiger partial charge < -0.3 is 14.4 Å². The lowest BCUT2D eigenvalue weighted by molar-refractivity contribution is -0.384. The second-order valence-corrected chi connectivity index (χ2v) is 8.40. The van der Waals surface area contributed by atoms with Gasteiger partial charge >= 0.3 is 5.97 Å². The molecule has 1 aliphatic rings. The van der Waals surface area contributed by atoms with Crippen LogP contribution < -0.4 is 0 Å². The molecule has 0 bridgehead atoms. The van der Waals surface area contributed by atoms with E-state index in [1.165, 1.54) is 24.3 Å². The Balaban J connectivity index is 1.46. The van der Waals surface area contributed by atoms with Gasteiger partial charge in [0.1, 0.15) is 11.5 Å². The summed E-state index contributed by atoms with van der Waals surface area (Å²) in [4.78, 5) is 36.9. The molecule has 1 amide bonds. The third-order valence-corrected chi connectivity index (χ3v) is 5.95. The van der Waals surface area contributed by atoms with Crippen molar-refractivity contribution in [1.82, 2.24) is 4.90 Å². The molecule has 4 aromatic rings. The zero-order valence-electron chi connectivity index (χ0n) is 19.4. The maximum atomic E-state index is 13.5. The maximum Gasteiger partial charge on any atom is 0.335 e. The molecule has 5 rings (SSSR count). The van der Waals surface area contributed by atoms with E-state index in [1.807, 2.05) is 30.3 Å². The van der Waals surface area contributed by atoms with E-state index in [1.54, 1.807) is 53.5 Å². The van der Waals surface area contributed by atoms with Crippen LogP contribution in [0.5, 0.6) is 0 Å². The minimum atomic E-state index is -1.01. The van der Waals surface area contributed by atoms with Crippen LogP contribution in [0.25, 0.3) is 23.1 Å². The lowest BCUT2D eigenvalue weighted by Crippen LogP contribution is -2.25. The molecular weight excluding hydrogens is 472 g/mol. The van der Waals surface area contributed by atoms with Crippen LogP contribution in [0, 0.1) is 10.1 Å². The molecule has 37 heavy (non-hydrogen) atoms. The molecule has 1 aliphatic heterocycles. The van der Waals surface area contributed by atoms with Crippen molar-refractivity contribution in [1.29, 1.82) is 0 Å². The van der Waals surface area contributed by atoms with E-state index in [0.717, 1.165) is 11.1 Å². The molecule has 0 saturated carbocycles. The molecule has 1 aromatic heterocycles. The summed E-state index contributed by atoms with van der Waals surface area (Å²) in [6.45, 7) is 0.258. The van der Waals surface area contributed by atoms with Crippen LogP contribution in [0.1, 0.15) is 27.2 Å². The maximum absolute atomic E-state index is 13.5. The Morgan fingerprint density at radius 3 is 2.38 bits per heavy atom. The van der Waals surface area contributed by atoms with Gasteiger partial charge in [0.2, 0.25) is 0 Å². The third kappa shape index (κ3) is 4.94. The fraction of sp³-hybridized carbons (Fsp3) is 0.0345. The summed E-state index contributed by atoms with van der Waals surface area (Å²) < 4.78 is 5.89. The standard InChI is InChI=1S/C29H20N2O6/c32-28-23(16-25-13-14-27(37-25)22-7-4-8-24(15-22)31(35)36)17-26(20-5-2-1-3-6-20)30(28)18-19-9-11-21(12-10-19)29(33)34/h1-17H,18H2,(H,33,34). The second-order valence-electron chi connectivity index (χ2n) is 8.40. The molecule has 0 saturated heterocycles. The molecule has 0 fully saturated rings. The summed E-state index contributed by atoms with van der Waals surface area (Å²) >= 11 is 0. The highest BCUT2D eigenvalue weighted by Crippen LogP contribution is 2.33. The van der Waals surface area contributed by atoms with Crippen LogP contribution in [0.4, 0.5) is 5.69 Å². The normalized spacial score (nSPS) is 14.2. The molecule has 8 heteroatoms. The number of carbonyl (C=O) groups excluding carboxylic acids is 1. The number of non-ortho nitro benzene ring substituents is 1. The van der Waals surface area contributed by atoms with E-state index < -0.39 is 10.9 Å². The summed E-state index contributed by atoms with van der Waals surface area (Å²) in [5, 5.41) is 20.3. The first kappa shape index (κ1) is 23.5. The first-order chi connectivity index (χ1) is 17.9. The minimum Gasteiger partial charge on any atom is -0.478 e. The number of carbonyl (C=O) groups is 2. The van der Waals surface area contributed by atoms with E-state index in [4.69, 9.17) is 9.52 Å². The van der Waals surface area contributed by atoms with Crippen LogP contribution in [-0.4, -0.2) is 26.8 Å². The lowest BCUT2D eigenvalue weighted by Gasteiger charge is -2.21. The van der Waals surface area contributed by atoms with Gasteiger partial charge in [-0.15, -0.1) is 0 Å². The number of hydrogen-bond donors (Lipinski definition) is 1. The van der Waals surface area contributed by atoms with Crippen molar-refractivity contribution in [3.63, 3.8) is 0 Å². The Bertz CT molecular complexity index is 1570. The first-order valence-corrected chi connectivity index (χ1v) is 11.4. The molecule has 1 N–H and O–H groups in total. The quantitative estimate of drug-likeness (QED) is 0.192. The second kappa shape index (κ2) is 9.79. The predicted octanol–water partition coefficient (Wildman–Crippen LogP) is 6.02. The number of nitro groups is 1. The number of benzene rings is 3. The van der Waals surface area contributed by atoms with Crippen LogP contribution in [0.3, 0.4) is 0 Å². The van der Waals surface area contributed by atoms with Gasteiger partial charge in [0.15, 0.2) is 0 Å². The van der Waals surface area contributed by atoms with Crippen molar-refractivity contribution in [3.05, 3.63) is 135 Å². The number of nitro benzene ring substituents is 1. The lowest BCUT2D eigenvalue weighted by atomic mass is 10.1. The average molecular weight is 492 g/mol. The van der Waals surface area contributed by atoms with Crippen molar-refractivity contribution < 1.29 is 24.0 Å².